The first-order valence-electron chi connectivity index (χ1n) is 7.63. The average Bonchev–Trinajstić information content (AvgIpc) is 2.29. The van der Waals surface area contributed by atoms with E-state index in [2.05, 4.69) is 51.8 Å². The minimum absolute atomic E-state index is 0.479. The summed E-state index contributed by atoms with van der Waals surface area (Å²) < 4.78 is 0. The molecule has 3 atom stereocenters. The van der Waals surface area contributed by atoms with Crippen LogP contribution in [0, 0.1) is 17.8 Å². The molecule has 3 unspecified atom stereocenters. The van der Waals surface area contributed by atoms with Gasteiger partial charge < -0.3 is 0 Å². The van der Waals surface area contributed by atoms with Gasteiger partial charge in [-0.3, -0.25) is 4.99 Å². The number of nitrogens with zero attached hydrogens (tertiary/aromatic N) is 1. The Morgan fingerprint density at radius 3 is 2.17 bits per heavy atom. The predicted octanol–water partition coefficient (Wildman–Crippen LogP) is 5.51. The zero-order chi connectivity index (χ0) is 14.0. The molecule has 0 N–H and O–H groups in total. The summed E-state index contributed by atoms with van der Waals surface area (Å²) in [7, 11) is 0. The van der Waals surface area contributed by atoms with Crippen molar-refractivity contribution < 1.29 is 0 Å². The maximum atomic E-state index is 4.61. The van der Waals surface area contributed by atoms with Crippen LogP contribution in [0.1, 0.15) is 67.2 Å². The lowest BCUT2D eigenvalue weighted by atomic mass is 9.85. The monoisotopic (exact) mass is 251 g/mol. The second-order valence-corrected chi connectivity index (χ2v) is 5.97. The van der Waals surface area contributed by atoms with E-state index in [-0.39, 0.29) is 0 Å². The number of rotatable bonds is 9. The number of allylic oxidation sites excluding steroid dienone is 1. The quantitative estimate of drug-likeness (QED) is 0.378. The number of hydrogen-bond acceptors (Lipinski definition) is 1. The molecule has 0 bridgehead atoms. The van der Waals surface area contributed by atoms with Crippen LogP contribution >= 0.6 is 0 Å². The average molecular weight is 251 g/mol. The van der Waals surface area contributed by atoms with Crippen LogP contribution in [0.25, 0.3) is 0 Å². The fourth-order valence-electron chi connectivity index (χ4n) is 2.32. The molecule has 0 amide bonds. The summed E-state index contributed by atoms with van der Waals surface area (Å²) in [6, 6.07) is 0.479. The van der Waals surface area contributed by atoms with Crippen LogP contribution in [-0.4, -0.2) is 12.3 Å². The number of hydrogen-bond donors (Lipinski definition) is 0. The van der Waals surface area contributed by atoms with Gasteiger partial charge in [0.05, 0.1) is 6.04 Å². The van der Waals surface area contributed by atoms with Crippen molar-refractivity contribution in [3.8, 4) is 0 Å². The molecule has 0 spiro atoms. The van der Waals surface area contributed by atoms with Gasteiger partial charge in [-0.2, -0.15) is 0 Å². The lowest BCUT2D eigenvalue weighted by Crippen LogP contribution is -2.14. The minimum atomic E-state index is 0.479. The van der Waals surface area contributed by atoms with Crippen molar-refractivity contribution in [2.45, 2.75) is 73.3 Å². The molecule has 0 aromatic heterocycles. The van der Waals surface area contributed by atoms with Crippen molar-refractivity contribution in [2.75, 3.05) is 0 Å². The first-order valence-corrected chi connectivity index (χ1v) is 7.63. The van der Waals surface area contributed by atoms with Gasteiger partial charge in [-0.15, -0.1) is 0 Å². The lowest BCUT2D eigenvalue weighted by Gasteiger charge is -2.22. The van der Waals surface area contributed by atoms with Crippen LogP contribution < -0.4 is 0 Å². The first-order chi connectivity index (χ1) is 8.51. The summed E-state index contributed by atoms with van der Waals surface area (Å²) in [5.41, 5.74) is 0. The van der Waals surface area contributed by atoms with Crippen molar-refractivity contribution in [3.63, 3.8) is 0 Å². The van der Waals surface area contributed by atoms with Crippen LogP contribution in [0.15, 0.2) is 17.1 Å². The standard InChI is InChI=1S/C17H33N/c1-7-9-10-11-17(18-8-2)13-15(5)12-16(6)14(3)4/h8-10,14-17H,7,11-13H2,1-6H3. The summed E-state index contributed by atoms with van der Waals surface area (Å²) in [6.07, 6.45) is 11.3. The van der Waals surface area contributed by atoms with E-state index in [1.165, 1.54) is 12.8 Å². The maximum Gasteiger partial charge on any atom is 0.0532 e. The second kappa shape index (κ2) is 10.3. The van der Waals surface area contributed by atoms with Crippen LogP contribution in [0.4, 0.5) is 0 Å². The zero-order valence-corrected chi connectivity index (χ0v) is 13.3. The topological polar surface area (TPSA) is 12.4 Å². The Hall–Kier alpha value is -0.590. The number of aliphatic imine (C=N–C) groups is 1. The highest BCUT2D eigenvalue weighted by atomic mass is 14.8. The van der Waals surface area contributed by atoms with Crippen LogP contribution in [0.3, 0.4) is 0 Å². The fourth-order valence-corrected chi connectivity index (χ4v) is 2.32. The lowest BCUT2D eigenvalue weighted by molar-refractivity contribution is 0.310. The van der Waals surface area contributed by atoms with E-state index in [0.717, 1.165) is 30.6 Å². The molecule has 0 rings (SSSR count). The van der Waals surface area contributed by atoms with Crippen molar-refractivity contribution in [1.82, 2.24) is 0 Å². The Kier molecular flexibility index (Phi) is 10.0. The SMILES string of the molecule is CC=NC(CC=CCC)CC(C)CC(C)C(C)C. The molecule has 0 heterocycles. The molecular formula is C17H33N. The van der Waals surface area contributed by atoms with Crippen molar-refractivity contribution in [1.29, 1.82) is 0 Å². The largest absolute Gasteiger partial charge is 0.294 e. The minimum Gasteiger partial charge on any atom is -0.294 e. The zero-order valence-electron chi connectivity index (χ0n) is 13.3. The van der Waals surface area contributed by atoms with Crippen LogP contribution in [0.5, 0.6) is 0 Å². The molecule has 0 saturated heterocycles. The molecule has 0 aromatic rings. The normalized spacial score (nSPS) is 17.7. The third-order valence-electron chi connectivity index (χ3n) is 3.76. The van der Waals surface area contributed by atoms with Gasteiger partial charge in [0.1, 0.15) is 0 Å². The molecule has 0 aliphatic heterocycles. The summed E-state index contributed by atoms with van der Waals surface area (Å²) >= 11 is 0. The first kappa shape index (κ1) is 17.4. The summed E-state index contributed by atoms with van der Waals surface area (Å²) in [4.78, 5) is 4.61. The van der Waals surface area contributed by atoms with Gasteiger partial charge in [0.2, 0.25) is 0 Å². The molecule has 106 valence electrons. The smallest absolute Gasteiger partial charge is 0.0532 e. The molecule has 0 aromatic carbocycles. The van der Waals surface area contributed by atoms with E-state index < -0.39 is 0 Å². The van der Waals surface area contributed by atoms with Gasteiger partial charge in [0, 0.05) is 0 Å². The second-order valence-electron chi connectivity index (χ2n) is 5.97. The molecule has 0 fully saturated rings. The Morgan fingerprint density at radius 1 is 1.00 bits per heavy atom. The van der Waals surface area contributed by atoms with E-state index in [9.17, 15) is 0 Å². The van der Waals surface area contributed by atoms with E-state index in [0.29, 0.717) is 6.04 Å². The Bertz CT molecular complexity index is 240. The van der Waals surface area contributed by atoms with E-state index in [1.54, 1.807) is 0 Å². The Balaban J connectivity index is 4.18. The van der Waals surface area contributed by atoms with Gasteiger partial charge in [-0.1, -0.05) is 46.8 Å². The van der Waals surface area contributed by atoms with Gasteiger partial charge in [0.15, 0.2) is 0 Å². The van der Waals surface area contributed by atoms with E-state index in [1.807, 2.05) is 13.1 Å². The summed E-state index contributed by atoms with van der Waals surface area (Å²) in [5.74, 6) is 2.38. The van der Waals surface area contributed by atoms with Crippen molar-refractivity contribution >= 4 is 6.21 Å². The van der Waals surface area contributed by atoms with Gasteiger partial charge in [0.25, 0.3) is 0 Å². The Labute approximate surface area is 115 Å². The molecule has 0 aliphatic rings. The summed E-state index contributed by atoms with van der Waals surface area (Å²) in [6.45, 7) is 13.6. The predicted molar refractivity (Wildman–Crippen MR) is 84.4 cm³/mol. The van der Waals surface area contributed by atoms with Crippen molar-refractivity contribution in [2.24, 2.45) is 22.7 Å². The van der Waals surface area contributed by atoms with Gasteiger partial charge >= 0.3 is 0 Å². The molecule has 1 nitrogen and oxygen atoms in total. The molecule has 0 aliphatic carbocycles. The fraction of sp³-hybridized carbons (Fsp3) is 0.824. The molecule has 18 heavy (non-hydrogen) atoms. The highest BCUT2D eigenvalue weighted by Gasteiger charge is 2.15. The Morgan fingerprint density at radius 2 is 1.67 bits per heavy atom. The van der Waals surface area contributed by atoms with Crippen molar-refractivity contribution in [3.05, 3.63) is 12.2 Å². The third kappa shape index (κ3) is 8.49. The van der Waals surface area contributed by atoms with E-state index in [4.69, 9.17) is 0 Å². The van der Waals surface area contributed by atoms with E-state index >= 15 is 0 Å². The molecule has 1 heteroatoms. The highest BCUT2D eigenvalue weighted by molar-refractivity contribution is 5.53. The highest BCUT2D eigenvalue weighted by Crippen LogP contribution is 2.24. The molecule has 0 saturated carbocycles. The molecule has 0 radical (unpaired) electrons. The summed E-state index contributed by atoms with van der Waals surface area (Å²) in [5, 5.41) is 0. The van der Waals surface area contributed by atoms with Crippen LogP contribution in [-0.2, 0) is 0 Å². The maximum absolute atomic E-state index is 4.61. The van der Waals surface area contributed by atoms with Crippen LogP contribution in [0.2, 0.25) is 0 Å². The van der Waals surface area contributed by atoms with Gasteiger partial charge in [-0.25, -0.2) is 0 Å². The van der Waals surface area contributed by atoms with Gasteiger partial charge in [-0.05, 0) is 56.6 Å². The third-order valence-corrected chi connectivity index (χ3v) is 3.76. The molecular weight excluding hydrogens is 218 g/mol.